The lowest BCUT2D eigenvalue weighted by Crippen LogP contribution is -1.96. The molecule has 0 aliphatic heterocycles. The third-order valence-corrected chi connectivity index (χ3v) is 5.99. The van der Waals surface area contributed by atoms with E-state index in [1.165, 1.54) is 12.1 Å². The first kappa shape index (κ1) is 18.0. The largest absolute Gasteiger partial charge is 0.507 e. The van der Waals surface area contributed by atoms with Gasteiger partial charge in [-0.15, -0.1) is 0 Å². The van der Waals surface area contributed by atoms with Gasteiger partial charge in [0.2, 0.25) is 0 Å². The van der Waals surface area contributed by atoms with E-state index in [2.05, 4.69) is 0 Å². The van der Waals surface area contributed by atoms with Gasteiger partial charge in [-0.05, 0) is 46.5 Å². The normalized spacial score (nSPS) is 10.9. The molecule has 4 aromatic rings. The van der Waals surface area contributed by atoms with Crippen molar-refractivity contribution in [2.24, 2.45) is 0 Å². The van der Waals surface area contributed by atoms with Crippen molar-refractivity contribution >= 4 is 10.8 Å². The average molecular weight is 386 g/mol. The minimum atomic E-state index is -1.74. The third kappa shape index (κ3) is 3.55. The van der Waals surface area contributed by atoms with Crippen LogP contribution in [0.25, 0.3) is 22.3 Å². The molecule has 0 amide bonds. The first-order valence-corrected chi connectivity index (χ1v) is 9.97. The van der Waals surface area contributed by atoms with Gasteiger partial charge in [0, 0.05) is 0 Å². The molecule has 0 saturated carbocycles. The van der Waals surface area contributed by atoms with Crippen molar-refractivity contribution in [1.29, 1.82) is 0 Å². The minimum Gasteiger partial charge on any atom is -0.507 e. The summed E-state index contributed by atoms with van der Waals surface area (Å²) in [6, 6.07) is 29.4. The van der Waals surface area contributed by atoms with Gasteiger partial charge in [0.05, 0.1) is 20.6 Å². The quantitative estimate of drug-likeness (QED) is 0.480. The second-order valence-corrected chi connectivity index (χ2v) is 7.78. The van der Waals surface area contributed by atoms with Crippen molar-refractivity contribution in [1.82, 2.24) is 0 Å². The van der Waals surface area contributed by atoms with E-state index < -0.39 is 10.8 Å². The lowest BCUT2D eigenvalue weighted by molar-refractivity contribution is 0.457. The fourth-order valence-corrected chi connectivity index (χ4v) is 4.28. The second-order valence-electron chi connectivity index (χ2n) is 6.37. The number of phenols is 2. The highest BCUT2D eigenvalue weighted by Gasteiger charge is 2.17. The highest BCUT2D eigenvalue weighted by molar-refractivity contribution is 7.85. The summed E-state index contributed by atoms with van der Waals surface area (Å²) in [7, 11) is -1.74. The number of benzene rings is 4. The molecule has 0 radical (unpaired) electrons. The maximum Gasteiger partial charge on any atom is 0.132 e. The van der Waals surface area contributed by atoms with Crippen LogP contribution in [-0.4, -0.2) is 14.4 Å². The molecule has 0 saturated heterocycles. The Morgan fingerprint density at radius 2 is 0.893 bits per heavy atom. The molecule has 4 rings (SSSR count). The fraction of sp³-hybridized carbons (Fsp3) is 0. The van der Waals surface area contributed by atoms with E-state index in [0.29, 0.717) is 0 Å². The van der Waals surface area contributed by atoms with Crippen LogP contribution in [0.1, 0.15) is 0 Å². The summed E-state index contributed by atoms with van der Waals surface area (Å²) in [6.07, 6.45) is 0. The van der Waals surface area contributed by atoms with E-state index in [4.69, 9.17) is 0 Å². The van der Waals surface area contributed by atoms with E-state index in [0.717, 1.165) is 22.3 Å². The molecule has 0 spiro atoms. The van der Waals surface area contributed by atoms with Crippen molar-refractivity contribution in [3.63, 3.8) is 0 Å². The zero-order chi connectivity index (χ0) is 19.5. The van der Waals surface area contributed by atoms with Gasteiger partial charge in [-0.3, -0.25) is 0 Å². The number of hydrogen-bond donors (Lipinski definition) is 2. The maximum atomic E-state index is 13.2. The summed E-state index contributed by atoms with van der Waals surface area (Å²) < 4.78 is 13.2. The van der Waals surface area contributed by atoms with Crippen molar-refractivity contribution in [2.45, 2.75) is 9.79 Å². The molecule has 0 aromatic heterocycles. The molecule has 0 aliphatic rings. The lowest BCUT2D eigenvalue weighted by atomic mass is 10.1. The number of aromatic hydroxyl groups is 2. The van der Waals surface area contributed by atoms with Crippen LogP contribution in [-0.2, 0) is 10.8 Å². The molecule has 0 aliphatic carbocycles. The predicted octanol–water partition coefficient (Wildman–Crippen LogP) is 5.60. The van der Waals surface area contributed by atoms with Crippen molar-refractivity contribution < 1.29 is 14.4 Å². The third-order valence-electron chi connectivity index (χ3n) is 4.53. The van der Waals surface area contributed by atoms with Crippen LogP contribution in [0.3, 0.4) is 0 Å². The monoisotopic (exact) mass is 386 g/mol. The zero-order valence-electron chi connectivity index (χ0n) is 14.9. The van der Waals surface area contributed by atoms with Gasteiger partial charge in [0.15, 0.2) is 0 Å². The molecule has 2 N–H and O–H groups in total. The Morgan fingerprint density at radius 1 is 0.500 bits per heavy atom. The first-order valence-electron chi connectivity index (χ1n) is 8.82. The summed E-state index contributed by atoms with van der Waals surface area (Å²) in [5.74, 6) is -0.134. The van der Waals surface area contributed by atoms with E-state index in [1.807, 2.05) is 60.7 Å². The Bertz CT molecular complexity index is 1050. The van der Waals surface area contributed by atoms with Gasteiger partial charge in [-0.1, -0.05) is 72.8 Å². The summed E-state index contributed by atoms with van der Waals surface area (Å²) in [4.78, 5) is 0.531. The number of phenolic OH excluding ortho intramolecular Hbond substituents is 2. The smallest absolute Gasteiger partial charge is 0.132 e. The van der Waals surface area contributed by atoms with Crippen LogP contribution in [0.15, 0.2) is 107 Å². The van der Waals surface area contributed by atoms with Crippen LogP contribution in [0.5, 0.6) is 11.5 Å². The summed E-state index contributed by atoms with van der Waals surface area (Å²) in [5.41, 5.74) is 3.62. The van der Waals surface area contributed by atoms with Gasteiger partial charge >= 0.3 is 0 Å². The predicted molar refractivity (Wildman–Crippen MR) is 112 cm³/mol. The van der Waals surface area contributed by atoms with E-state index in [9.17, 15) is 14.4 Å². The van der Waals surface area contributed by atoms with Gasteiger partial charge in [-0.2, -0.15) is 0 Å². The molecule has 0 atom stereocenters. The highest BCUT2D eigenvalue weighted by Crippen LogP contribution is 2.35. The standard InChI is InChI=1S/C24H18O3S/c25-21-13-11-19(17-7-3-1-4-8-17)15-23(21)28(27)24-16-20(12-14-22(24)26)18-9-5-2-6-10-18/h1-16,25-26H. The Hall–Kier alpha value is -3.37. The maximum absolute atomic E-state index is 13.2. The fourth-order valence-electron chi connectivity index (χ4n) is 3.06. The van der Waals surface area contributed by atoms with Crippen molar-refractivity contribution in [3.05, 3.63) is 97.1 Å². The van der Waals surface area contributed by atoms with Gasteiger partial charge in [0.25, 0.3) is 0 Å². The molecule has 4 heteroatoms. The average Bonchev–Trinajstić information content (AvgIpc) is 2.75. The molecule has 3 nitrogen and oxygen atoms in total. The molecule has 0 bridgehead atoms. The van der Waals surface area contributed by atoms with E-state index in [-0.39, 0.29) is 21.3 Å². The second kappa shape index (κ2) is 7.71. The number of rotatable bonds is 4. The molecule has 0 unspecified atom stereocenters. The van der Waals surface area contributed by atoms with Crippen LogP contribution in [0, 0.1) is 0 Å². The molecular formula is C24H18O3S. The number of hydrogen-bond acceptors (Lipinski definition) is 3. The molecule has 4 aromatic carbocycles. The summed E-state index contributed by atoms with van der Waals surface area (Å²) >= 11 is 0. The molecule has 28 heavy (non-hydrogen) atoms. The lowest BCUT2D eigenvalue weighted by Gasteiger charge is -2.11. The summed E-state index contributed by atoms with van der Waals surface area (Å²) in [6.45, 7) is 0. The SMILES string of the molecule is O=S(c1cc(-c2ccccc2)ccc1O)c1cc(-c2ccccc2)ccc1O. The van der Waals surface area contributed by atoms with E-state index in [1.54, 1.807) is 24.3 Å². The van der Waals surface area contributed by atoms with Crippen LogP contribution < -0.4 is 0 Å². The Balaban J connectivity index is 1.78. The Labute approximate surface area is 166 Å². The molecule has 138 valence electrons. The molecular weight excluding hydrogens is 368 g/mol. The van der Waals surface area contributed by atoms with Gasteiger partial charge < -0.3 is 10.2 Å². The summed E-state index contributed by atoms with van der Waals surface area (Å²) in [5, 5.41) is 20.6. The molecule has 0 fully saturated rings. The van der Waals surface area contributed by atoms with Crippen LogP contribution in [0.2, 0.25) is 0 Å². The van der Waals surface area contributed by atoms with Crippen LogP contribution >= 0.6 is 0 Å². The molecule has 0 heterocycles. The zero-order valence-corrected chi connectivity index (χ0v) is 15.8. The minimum absolute atomic E-state index is 0.0671. The van der Waals surface area contributed by atoms with Crippen molar-refractivity contribution in [3.8, 4) is 33.8 Å². The highest BCUT2D eigenvalue weighted by atomic mass is 32.2. The van der Waals surface area contributed by atoms with Crippen molar-refractivity contribution in [2.75, 3.05) is 0 Å². The Kier molecular flexibility index (Phi) is 4.96. The topological polar surface area (TPSA) is 57.5 Å². The van der Waals surface area contributed by atoms with Crippen LogP contribution in [0.4, 0.5) is 0 Å². The van der Waals surface area contributed by atoms with Gasteiger partial charge in [0.1, 0.15) is 11.5 Å². The van der Waals surface area contributed by atoms with E-state index >= 15 is 0 Å². The first-order chi connectivity index (χ1) is 13.6. The Morgan fingerprint density at radius 3 is 1.29 bits per heavy atom. The van der Waals surface area contributed by atoms with Gasteiger partial charge in [-0.25, -0.2) is 4.21 Å².